The van der Waals surface area contributed by atoms with Crippen molar-refractivity contribution < 1.29 is 9.90 Å². The van der Waals surface area contributed by atoms with Gasteiger partial charge in [0.15, 0.2) is 0 Å². The van der Waals surface area contributed by atoms with Gasteiger partial charge in [0.05, 0.1) is 35.3 Å². The van der Waals surface area contributed by atoms with E-state index in [2.05, 4.69) is 27.5 Å². The number of aliphatic hydroxyl groups excluding tert-OH is 1. The normalized spacial score (nSPS) is 20.4. The molecule has 1 amide bonds. The van der Waals surface area contributed by atoms with E-state index in [4.69, 9.17) is 4.98 Å². The van der Waals surface area contributed by atoms with Crippen molar-refractivity contribution >= 4 is 17.8 Å². The first kappa shape index (κ1) is 21.5. The quantitative estimate of drug-likeness (QED) is 0.700. The summed E-state index contributed by atoms with van der Waals surface area (Å²) in [5.74, 6) is 1.58. The molecule has 2 aromatic heterocycles. The number of rotatable bonds is 7. The first-order chi connectivity index (χ1) is 16.1. The van der Waals surface area contributed by atoms with Gasteiger partial charge in [0, 0.05) is 37.5 Å². The van der Waals surface area contributed by atoms with E-state index in [1.54, 1.807) is 6.08 Å². The minimum Gasteiger partial charge on any atom is -0.396 e. The number of aliphatic hydroxyl groups is 1. The Morgan fingerprint density at radius 3 is 2.73 bits per heavy atom. The molecule has 0 radical (unpaired) electrons. The fourth-order valence-corrected chi connectivity index (χ4v) is 4.78. The number of carbonyl (C=O) groups excluding carboxylic acids is 1. The molecule has 1 saturated heterocycles. The smallest absolute Gasteiger partial charge is 0.225 e. The largest absolute Gasteiger partial charge is 0.396 e. The van der Waals surface area contributed by atoms with Crippen LogP contribution in [0, 0.1) is 17.2 Å². The van der Waals surface area contributed by atoms with E-state index in [0.717, 1.165) is 48.3 Å². The van der Waals surface area contributed by atoms with Crippen LogP contribution in [0.1, 0.15) is 55.0 Å². The Labute approximate surface area is 193 Å². The molecule has 5 rings (SSSR count). The predicted molar refractivity (Wildman–Crippen MR) is 124 cm³/mol. The van der Waals surface area contributed by atoms with E-state index < -0.39 is 0 Å². The van der Waals surface area contributed by atoms with Gasteiger partial charge < -0.3 is 14.9 Å². The number of carbonyl (C=O) groups is 1. The fraction of sp³-hybridized carbons (Fsp3) is 0.480. The molecule has 0 spiro atoms. The van der Waals surface area contributed by atoms with Gasteiger partial charge in [0.1, 0.15) is 18.2 Å². The van der Waals surface area contributed by atoms with Gasteiger partial charge in [0.2, 0.25) is 5.91 Å². The van der Waals surface area contributed by atoms with Crippen LogP contribution in [0.25, 0.3) is 17.3 Å². The average molecular weight is 445 g/mol. The molecule has 1 unspecified atom stereocenters. The lowest BCUT2D eigenvalue weighted by Gasteiger charge is -2.42. The molecule has 1 N–H and O–H groups in total. The minimum absolute atomic E-state index is 0.0123. The number of hydrogen-bond acceptors (Lipinski definition) is 7. The van der Waals surface area contributed by atoms with E-state index in [9.17, 15) is 15.2 Å². The van der Waals surface area contributed by atoms with E-state index >= 15 is 0 Å². The summed E-state index contributed by atoms with van der Waals surface area (Å²) in [5.41, 5.74) is 3.89. The first-order valence-electron chi connectivity index (χ1n) is 11.7. The van der Waals surface area contributed by atoms with Gasteiger partial charge in [-0.1, -0.05) is 6.58 Å². The maximum absolute atomic E-state index is 12.6. The van der Waals surface area contributed by atoms with Gasteiger partial charge >= 0.3 is 0 Å². The van der Waals surface area contributed by atoms with Crippen LogP contribution in [0.2, 0.25) is 0 Å². The third-order valence-corrected chi connectivity index (χ3v) is 6.82. The molecule has 8 heteroatoms. The lowest BCUT2D eigenvalue weighted by Crippen LogP contribution is -2.56. The van der Waals surface area contributed by atoms with E-state index in [-0.39, 0.29) is 25.0 Å². The van der Waals surface area contributed by atoms with Gasteiger partial charge in [-0.05, 0) is 49.8 Å². The number of hydrogen-bond donors (Lipinski definition) is 1. The van der Waals surface area contributed by atoms with Crippen molar-refractivity contribution in [3.8, 4) is 17.3 Å². The van der Waals surface area contributed by atoms with Crippen molar-refractivity contribution in [2.75, 3.05) is 31.1 Å². The second kappa shape index (κ2) is 8.91. The highest BCUT2D eigenvalue weighted by Crippen LogP contribution is 2.45. The molecule has 1 aliphatic heterocycles. The Hall–Kier alpha value is -3.31. The summed E-state index contributed by atoms with van der Waals surface area (Å²) in [5, 5.41) is 19.2. The average Bonchev–Trinajstić information content (AvgIpc) is 3.76. The summed E-state index contributed by atoms with van der Waals surface area (Å²) in [6, 6.07) is 6.25. The molecule has 1 atom stereocenters. The summed E-state index contributed by atoms with van der Waals surface area (Å²) in [6.45, 7) is 5.55. The number of aromatic nitrogens is 3. The number of amides is 1. The molecule has 2 saturated carbocycles. The molecule has 0 bridgehead atoms. The molecule has 33 heavy (non-hydrogen) atoms. The maximum atomic E-state index is 12.6. The molecular formula is C25H28N6O2. The van der Waals surface area contributed by atoms with Crippen LogP contribution in [0.4, 0.5) is 5.82 Å². The number of nitriles is 1. The summed E-state index contributed by atoms with van der Waals surface area (Å²) in [4.78, 5) is 30.4. The second-order valence-electron chi connectivity index (χ2n) is 9.12. The molecule has 0 aromatic carbocycles. The zero-order valence-corrected chi connectivity index (χ0v) is 18.7. The van der Waals surface area contributed by atoms with E-state index in [1.165, 1.54) is 6.33 Å². The third-order valence-electron chi connectivity index (χ3n) is 6.82. The standard InChI is InChI=1S/C25H28N6O2/c1-2-19-12-21(28-15-27-19)20-11-18(13-26)25(29-24(20)17-5-6-17)30-8-9-31(23(33)7-10-32)22(14-30)16-3-4-16/h2,11-12,15-17,22,32H,1,3-10,14H2. The Bertz CT molecular complexity index is 1120. The first-order valence-corrected chi connectivity index (χ1v) is 11.7. The number of piperazine rings is 1. The lowest BCUT2D eigenvalue weighted by molar-refractivity contribution is -0.135. The molecular weight excluding hydrogens is 416 g/mol. The molecule has 3 aliphatic rings. The predicted octanol–water partition coefficient (Wildman–Crippen LogP) is 2.74. The molecule has 8 nitrogen and oxygen atoms in total. The van der Waals surface area contributed by atoms with Crippen LogP contribution in [-0.2, 0) is 4.79 Å². The van der Waals surface area contributed by atoms with Crippen LogP contribution >= 0.6 is 0 Å². The SMILES string of the molecule is C=Cc1cc(-c2cc(C#N)c(N3CCN(C(=O)CCO)C(C4CC4)C3)nc2C2CC2)ncn1. The van der Waals surface area contributed by atoms with E-state index in [0.29, 0.717) is 42.9 Å². The Morgan fingerprint density at radius 2 is 2.06 bits per heavy atom. The van der Waals surface area contributed by atoms with Crippen molar-refractivity contribution in [2.45, 2.75) is 44.1 Å². The van der Waals surface area contributed by atoms with Gasteiger partial charge in [-0.25, -0.2) is 15.0 Å². The topological polar surface area (TPSA) is 106 Å². The maximum Gasteiger partial charge on any atom is 0.225 e. The van der Waals surface area contributed by atoms with Crippen molar-refractivity contribution in [1.29, 1.82) is 5.26 Å². The Kier molecular flexibility index (Phi) is 5.81. The number of nitrogens with zero attached hydrogens (tertiary/aromatic N) is 6. The highest BCUT2D eigenvalue weighted by atomic mass is 16.3. The summed E-state index contributed by atoms with van der Waals surface area (Å²) < 4.78 is 0. The number of anilines is 1. The zero-order valence-electron chi connectivity index (χ0n) is 18.7. The third kappa shape index (κ3) is 4.33. The van der Waals surface area contributed by atoms with Gasteiger partial charge in [-0.2, -0.15) is 5.26 Å². The monoisotopic (exact) mass is 444 g/mol. The highest BCUT2D eigenvalue weighted by Gasteiger charge is 2.41. The van der Waals surface area contributed by atoms with Crippen LogP contribution < -0.4 is 4.90 Å². The van der Waals surface area contributed by atoms with Crippen molar-refractivity contribution in [1.82, 2.24) is 19.9 Å². The molecule has 170 valence electrons. The summed E-state index contributed by atoms with van der Waals surface area (Å²) >= 11 is 0. The molecule has 2 aliphatic carbocycles. The molecule has 3 fully saturated rings. The minimum atomic E-state index is -0.126. The van der Waals surface area contributed by atoms with Crippen molar-refractivity contribution in [3.63, 3.8) is 0 Å². The zero-order chi connectivity index (χ0) is 22.9. The van der Waals surface area contributed by atoms with Crippen LogP contribution in [0.15, 0.2) is 25.0 Å². The lowest BCUT2D eigenvalue weighted by atomic mass is 10.0. The summed E-state index contributed by atoms with van der Waals surface area (Å²) in [7, 11) is 0. The van der Waals surface area contributed by atoms with E-state index in [1.807, 2.05) is 17.0 Å². The van der Waals surface area contributed by atoms with Crippen LogP contribution in [0.5, 0.6) is 0 Å². The van der Waals surface area contributed by atoms with Crippen LogP contribution in [-0.4, -0.2) is 63.1 Å². The van der Waals surface area contributed by atoms with Crippen molar-refractivity contribution in [2.24, 2.45) is 5.92 Å². The number of pyridine rings is 1. The fourth-order valence-electron chi connectivity index (χ4n) is 4.78. The van der Waals surface area contributed by atoms with Crippen LogP contribution in [0.3, 0.4) is 0 Å². The highest BCUT2D eigenvalue weighted by molar-refractivity contribution is 5.77. The van der Waals surface area contributed by atoms with Gasteiger partial charge in [-0.15, -0.1) is 0 Å². The second-order valence-corrected chi connectivity index (χ2v) is 9.12. The van der Waals surface area contributed by atoms with Gasteiger partial charge in [-0.3, -0.25) is 4.79 Å². The van der Waals surface area contributed by atoms with Gasteiger partial charge in [0.25, 0.3) is 0 Å². The Morgan fingerprint density at radius 1 is 1.24 bits per heavy atom. The molecule has 3 heterocycles. The molecule has 2 aromatic rings. The van der Waals surface area contributed by atoms with Crippen molar-refractivity contribution in [3.05, 3.63) is 42.0 Å². The summed E-state index contributed by atoms with van der Waals surface area (Å²) in [6.07, 6.45) is 7.77. The Balaban J connectivity index is 1.50.